The van der Waals surface area contributed by atoms with Crippen LogP contribution in [0.15, 0.2) is 24.3 Å². The molecular formula is C21H22N2O3. The standard InChI is InChI=1S/C21H22N2O3/c1-24-19-5-4-13-9-18-16-8-15(11-22)20(25-2)10-14(16)6-7-23(18)12-17(13)21(19)26-3/h4-5,8,10,18H,6-7,9,12H2,1-3H3/t18-/m0/s1. The SMILES string of the molecule is COc1cc2c(cc1C#N)[C@@H]1Cc3ccc(OC)c(OC)c3CN1CC2. The average molecular weight is 350 g/mol. The number of rotatable bonds is 3. The minimum Gasteiger partial charge on any atom is -0.495 e. The fourth-order valence-electron chi connectivity index (χ4n) is 4.27. The molecule has 5 heteroatoms. The van der Waals surface area contributed by atoms with Gasteiger partial charge in [0, 0.05) is 24.7 Å². The first-order valence-electron chi connectivity index (χ1n) is 8.77. The number of nitrogens with zero attached hydrogens (tertiary/aromatic N) is 2. The van der Waals surface area contributed by atoms with Gasteiger partial charge in [0.2, 0.25) is 0 Å². The number of benzene rings is 2. The topological polar surface area (TPSA) is 54.7 Å². The Morgan fingerprint density at radius 3 is 2.54 bits per heavy atom. The normalized spacial score (nSPS) is 18.2. The summed E-state index contributed by atoms with van der Waals surface area (Å²) >= 11 is 0. The Kier molecular flexibility index (Phi) is 4.21. The number of fused-ring (bicyclic) bond motifs is 4. The van der Waals surface area contributed by atoms with Crippen molar-refractivity contribution in [2.24, 2.45) is 0 Å². The second-order valence-corrected chi connectivity index (χ2v) is 6.74. The molecule has 5 nitrogen and oxygen atoms in total. The van der Waals surface area contributed by atoms with E-state index in [2.05, 4.69) is 17.0 Å². The fourth-order valence-corrected chi connectivity index (χ4v) is 4.27. The molecule has 2 aromatic carbocycles. The zero-order chi connectivity index (χ0) is 18.3. The van der Waals surface area contributed by atoms with Gasteiger partial charge in [-0.2, -0.15) is 5.26 Å². The number of hydrogen-bond acceptors (Lipinski definition) is 5. The minimum atomic E-state index is 0.280. The summed E-state index contributed by atoms with van der Waals surface area (Å²) < 4.78 is 16.5. The number of ether oxygens (including phenoxy) is 3. The highest BCUT2D eigenvalue weighted by Crippen LogP contribution is 2.44. The Hall–Kier alpha value is -2.71. The van der Waals surface area contributed by atoms with Gasteiger partial charge in [-0.25, -0.2) is 0 Å². The van der Waals surface area contributed by atoms with Gasteiger partial charge in [-0.3, -0.25) is 4.90 Å². The Morgan fingerprint density at radius 1 is 1.04 bits per heavy atom. The summed E-state index contributed by atoms with van der Waals surface area (Å²) in [6, 6.07) is 10.7. The van der Waals surface area contributed by atoms with E-state index in [9.17, 15) is 5.26 Å². The molecule has 0 spiro atoms. The molecule has 4 rings (SSSR count). The third kappa shape index (κ3) is 2.49. The van der Waals surface area contributed by atoms with E-state index in [4.69, 9.17) is 14.2 Å². The molecule has 0 saturated heterocycles. The highest BCUT2D eigenvalue weighted by atomic mass is 16.5. The second kappa shape index (κ2) is 6.54. The van der Waals surface area contributed by atoms with Crippen LogP contribution in [0.5, 0.6) is 17.2 Å². The largest absolute Gasteiger partial charge is 0.495 e. The number of hydrogen-bond donors (Lipinski definition) is 0. The second-order valence-electron chi connectivity index (χ2n) is 6.74. The third-order valence-electron chi connectivity index (χ3n) is 5.57. The highest BCUT2D eigenvalue weighted by Gasteiger charge is 2.34. The molecular weight excluding hydrogens is 328 g/mol. The molecule has 2 heterocycles. The number of nitriles is 1. The van der Waals surface area contributed by atoms with Crippen molar-refractivity contribution >= 4 is 0 Å². The summed E-state index contributed by atoms with van der Waals surface area (Å²) in [5.41, 5.74) is 5.62. The van der Waals surface area contributed by atoms with E-state index in [0.717, 1.165) is 37.4 Å². The van der Waals surface area contributed by atoms with Crippen LogP contribution in [0.1, 0.15) is 33.9 Å². The maximum absolute atomic E-state index is 9.46. The molecule has 26 heavy (non-hydrogen) atoms. The van der Waals surface area contributed by atoms with Gasteiger partial charge in [0.15, 0.2) is 11.5 Å². The molecule has 0 bridgehead atoms. The smallest absolute Gasteiger partial charge is 0.165 e. The highest BCUT2D eigenvalue weighted by molar-refractivity contribution is 5.55. The van der Waals surface area contributed by atoms with Crippen molar-refractivity contribution in [2.75, 3.05) is 27.9 Å². The van der Waals surface area contributed by atoms with Gasteiger partial charge < -0.3 is 14.2 Å². The summed E-state index contributed by atoms with van der Waals surface area (Å²) in [6.07, 6.45) is 1.86. The summed E-state index contributed by atoms with van der Waals surface area (Å²) in [7, 11) is 4.99. The van der Waals surface area contributed by atoms with Gasteiger partial charge in [-0.15, -0.1) is 0 Å². The maximum atomic E-state index is 9.46. The van der Waals surface area contributed by atoms with E-state index in [0.29, 0.717) is 11.3 Å². The molecule has 0 unspecified atom stereocenters. The minimum absolute atomic E-state index is 0.280. The van der Waals surface area contributed by atoms with E-state index in [-0.39, 0.29) is 6.04 Å². The number of methoxy groups -OCH3 is 3. The predicted molar refractivity (Wildman–Crippen MR) is 97.8 cm³/mol. The van der Waals surface area contributed by atoms with Gasteiger partial charge in [0.1, 0.15) is 11.8 Å². The third-order valence-corrected chi connectivity index (χ3v) is 5.57. The lowest BCUT2D eigenvalue weighted by atomic mass is 9.83. The summed E-state index contributed by atoms with van der Waals surface area (Å²) in [6.45, 7) is 1.81. The molecule has 1 atom stereocenters. The fraction of sp³-hybridized carbons (Fsp3) is 0.381. The molecule has 0 N–H and O–H groups in total. The van der Waals surface area contributed by atoms with Crippen LogP contribution in [-0.4, -0.2) is 32.8 Å². The van der Waals surface area contributed by atoms with Crippen LogP contribution in [0.4, 0.5) is 0 Å². The van der Waals surface area contributed by atoms with Crippen LogP contribution in [0.2, 0.25) is 0 Å². The van der Waals surface area contributed by atoms with Crippen LogP contribution < -0.4 is 14.2 Å². The first-order chi connectivity index (χ1) is 12.7. The van der Waals surface area contributed by atoms with Crippen LogP contribution in [0.3, 0.4) is 0 Å². The summed E-state index contributed by atoms with van der Waals surface area (Å²) in [4.78, 5) is 2.47. The molecule has 0 radical (unpaired) electrons. The van der Waals surface area contributed by atoms with Crippen molar-refractivity contribution in [1.82, 2.24) is 4.90 Å². The molecule has 2 aliphatic heterocycles. The summed E-state index contributed by atoms with van der Waals surface area (Å²) in [5, 5.41) is 9.46. The van der Waals surface area contributed by atoms with Gasteiger partial charge in [-0.1, -0.05) is 6.07 Å². The van der Waals surface area contributed by atoms with Crippen molar-refractivity contribution in [3.8, 4) is 23.3 Å². The van der Waals surface area contributed by atoms with Crippen LogP contribution in [0, 0.1) is 11.3 Å². The zero-order valence-electron chi connectivity index (χ0n) is 15.3. The van der Waals surface area contributed by atoms with Gasteiger partial charge in [0.05, 0.1) is 26.9 Å². The Morgan fingerprint density at radius 2 is 1.85 bits per heavy atom. The van der Waals surface area contributed by atoms with E-state index < -0.39 is 0 Å². The Bertz CT molecular complexity index is 901. The monoisotopic (exact) mass is 350 g/mol. The molecule has 0 saturated carbocycles. The molecule has 134 valence electrons. The molecule has 0 fully saturated rings. The molecule has 0 aliphatic carbocycles. The quantitative estimate of drug-likeness (QED) is 0.851. The van der Waals surface area contributed by atoms with Crippen LogP contribution >= 0.6 is 0 Å². The van der Waals surface area contributed by atoms with Crippen molar-refractivity contribution in [1.29, 1.82) is 5.26 Å². The predicted octanol–water partition coefficient (Wildman–Crippen LogP) is 3.24. The first kappa shape index (κ1) is 16.7. The lowest BCUT2D eigenvalue weighted by Gasteiger charge is -2.42. The first-order valence-corrected chi connectivity index (χ1v) is 8.77. The summed E-state index contributed by atoms with van der Waals surface area (Å²) in [5.74, 6) is 2.28. The molecule has 2 aromatic rings. The van der Waals surface area contributed by atoms with Crippen LogP contribution in [0.25, 0.3) is 0 Å². The Balaban J connectivity index is 1.78. The van der Waals surface area contributed by atoms with E-state index in [1.165, 1.54) is 22.3 Å². The van der Waals surface area contributed by atoms with Crippen LogP contribution in [-0.2, 0) is 19.4 Å². The van der Waals surface area contributed by atoms with E-state index in [1.807, 2.05) is 18.2 Å². The average Bonchev–Trinajstić information content (AvgIpc) is 2.70. The van der Waals surface area contributed by atoms with Gasteiger partial charge in [-0.05, 0) is 47.7 Å². The van der Waals surface area contributed by atoms with E-state index >= 15 is 0 Å². The zero-order valence-corrected chi connectivity index (χ0v) is 15.3. The molecule has 0 amide bonds. The van der Waals surface area contributed by atoms with Gasteiger partial charge >= 0.3 is 0 Å². The lowest BCUT2D eigenvalue weighted by Crippen LogP contribution is -2.39. The lowest BCUT2D eigenvalue weighted by molar-refractivity contribution is 0.157. The van der Waals surface area contributed by atoms with Crippen molar-refractivity contribution in [3.63, 3.8) is 0 Å². The van der Waals surface area contributed by atoms with Crippen molar-refractivity contribution in [3.05, 3.63) is 52.1 Å². The van der Waals surface area contributed by atoms with Crippen molar-refractivity contribution < 1.29 is 14.2 Å². The Labute approximate surface area is 153 Å². The van der Waals surface area contributed by atoms with E-state index in [1.54, 1.807) is 21.3 Å². The van der Waals surface area contributed by atoms with Gasteiger partial charge in [0.25, 0.3) is 0 Å². The van der Waals surface area contributed by atoms with Crippen molar-refractivity contribution in [2.45, 2.75) is 25.4 Å². The molecule has 2 aliphatic rings. The molecule has 0 aromatic heterocycles. The maximum Gasteiger partial charge on any atom is 0.165 e.